The van der Waals surface area contributed by atoms with Crippen LogP contribution >= 0.6 is 15.9 Å². The van der Waals surface area contributed by atoms with Crippen LogP contribution in [0.3, 0.4) is 0 Å². The zero-order chi connectivity index (χ0) is 13.2. The first-order chi connectivity index (χ1) is 8.51. The van der Waals surface area contributed by atoms with Crippen LogP contribution in [0, 0.1) is 0 Å². The minimum Gasteiger partial charge on any atom is -0.481 e. The van der Waals surface area contributed by atoms with E-state index in [1.807, 2.05) is 18.2 Å². The van der Waals surface area contributed by atoms with Crippen molar-refractivity contribution in [2.24, 2.45) is 0 Å². The molecule has 0 aliphatic carbocycles. The van der Waals surface area contributed by atoms with Crippen LogP contribution in [-0.4, -0.2) is 29.7 Å². The summed E-state index contributed by atoms with van der Waals surface area (Å²) in [6, 6.07) is 8.19. The minimum atomic E-state index is -0.759. The van der Waals surface area contributed by atoms with Gasteiger partial charge in [-0.2, -0.15) is 0 Å². The Bertz CT molecular complexity index is 446. The van der Waals surface area contributed by atoms with Gasteiger partial charge in [0.25, 0.3) is 0 Å². The Hall–Kier alpha value is -0.910. The van der Waals surface area contributed by atoms with Crippen LogP contribution in [0.25, 0.3) is 0 Å². The molecular formula is C13H17BrN2O2. The highest BCUT2D eigenvalue weighted by Crippen LogP contribution is 2.24. The fourth-order valence-corrected chi connectivity index (χ4v) is 2.73. The lowest BCUT2D eigenvalue weighted by molar-refractivity contribution is -0.139. The van der Waals surface area contributed by atoms with E-state index in [0.29, 0.717) is 13.1 Å². The average Bonchev–Trinajstić information content (AvgIpc) is 2.25. The molecular weight excluding hydrogens is 296 g/mol. The fraction of sp³-hybridized carbons (Fsp3) is 0.462. The highest BCUT2D eigenvalue weighted by atomic mass is 79.9. The molecule has 1 heterocycles. The number of hydrogen-bond donors (Lipinski definition) is 3. The monoisotopic (exact) mass is 312 g/mol. The normalized spacial score (nSPS) is 19.0. The number of benzene rings is 1. The van der Waals surface area contributed by atoms with Crippen LogP contribution in [0.5, 0.6) is 0 Å². The van der Waals surface area contributed by atoms with Gasteiger partial charge in [0, 0.05) is 23.6 Å². The molecule has 0 amide bonds. The van der Waals surface area contributed by atoms with Crippen LogP contribution in [0.1, 0.15) is 24.9 Å². The molecule has 4 nitrogen and oxygen atoms in total. The molecule has 1 saturated heterocycles. The van der Waals surface area contributed by atoms with Gasteiger partial charge in [-0.3, -0.25) is 4.79 Å². The predicted octanol–water partition coefficient (Wildman–Crippen LogP) is 1.92. The van der Waals surface area contributed by atoms with Gasteiger partial charge in [0.05, 0.1) is 12.0 Å². The zero-order valence-electron chi connectivity index (χ0n) is 10.2. The lowest BCUT2D eigenvalue weighted by Gasteiger charge is -2.44. The van der Waals surface area contributed by atoms with Crippen LogP contribution in [0.15, 0.2) is 28.7 Å². The summed E-state index contributed by atoms with van der Waals surface area (Å²) in [5.41, 5.74) is 0.842. The molecule has 0 spiro atoms. The quantitative estimate of drug-likeness (QED) is 0.777. The Morgan fingerprint density at radius 3 is 2.83 bits per heavy atom. The molecule has 0 bridgehead atoms. The molecule has 18 heavy (non-hydrogen) atoms. The number of aliphatic carboxylic acids is 1. The third kappa shape index (κ3) is 3.10. The molecule has 5 heteroatoms. The second kappa shape index (κ2) is 5.38. The van der Waals surface area contributed by atoms with Gasteiger partial charge in [0.15, 0.2) is 0 Å². The number of carbonyl (C=O) groups is 1. The smallest absolute Gasteiger partial charge is 0.305 e. The molecule has 1 atom stereocenters. The summed E-state index contributed by atoms with van der Waals surface area (Å²) in [5, 5.41) is 15.5. The standard InChI is InChI=1S/C13H17BrN2O2/c1-9(10-3-2-4-11(14)5-10)16-13(6-12(17)18)7-15-8-13/h2-5,9,15-16H,6-8H2,1H3,(H,17,18)/t9-/m1/s1. The molecule has 0 unspecified atom stereocenters. The SMILES string of the molecule is C[C@@H](NC1(CC(=O)O)CNC1)c1cccc(Br)c1. The van der Waals surface area contributed by atoms with Crippen molar-refractivity contribution < 1.29 is 9.90 Å². The van der Waals surface area contributed by atoms with Crippen molar-refractivity contribution in [3.63, 3.8) is 0 Å². The van der Waals surface area contributed by atoms with E-state index in [1.54, 1.807) is 0 Å². The predicted molar refractivity (Wildman–Crippen MR) is 73.5 cm³/mol. The maximum absolute atomic E-state index is 10.9. The Morgan fingerprint density at radius 1 is 1.61 bits per heavy atom. The molecule has 98 valence electrons. The van der Waals surface area contributed by atoms with Gasteiger partial charge in [-0.05, 0) is 24.6 Å². The lowest BCUT2D eigenvalue weighted by atomic mass is 9.87. The van der Waals surface area contributed by atoms with Gasteiger partial charge in [0.2, 0.25) is 0 Å². The molecule has 2 rings (SSSR count). The summed E-state index contributed by atoms with van der Waals surface area (Å²) in [6.07, 6.45) is 0.151. The average molecular weight is 313 g/mol. The topological polar surface area (TPSA) is 61.4 Å². The first kappa shape index (κ1) is 13.5. The molecule has 1 aromatic rings. The Kier molecular flexibility index (Phi) is 4.04. The van der Waals surface area contributed by atoms with Crippen molar-refractivity contribution >= 4 is 21.9 Å². The number of carboxylic acids is 1. The summed E-state index contributed by atoms with van der Waals surface area (Å²) in [4.78, 5) is 10.9. The molecule has 1 fully saturated rings. The third-order valence-electron chi connectivity index (χ3n) is 3.29. The van der Waals surface area contributed by atoms with Crippen LogP contribution in [-0.2, 0) is 4.79 Å². The Labute approximate surface area is 115 Å². The van der Waals surface area contributed by atoms with Crippen LogP contribution in [0.2, 0.25) is 0 Å². The van der Waals surface area contributed by atoms with E-state index in [1.165, 1.54) is 0 Å². The molecule has 0 aromatic heterocycles. The summed E-state index contributed by atoms with van der Waals surface area (Å²) in [5.74, 6) is -0.759. The van der Waals surface area contributed by atoms with Gasteiger partial charge in [-0.25, -0.2) is 0 Å². The van der Waals surface area contributed by atoms with Gasteiger partial charge < -0.3 is 15.7 Å². The number of halogens is 1. The number of carboxylic acid groups (broad SMARTS) is 1. The largest absolute Gasteiger partial charge is 0.481 e. The molecule has 1 aliphatic heterocycles. The molecule has 0 radical (unpaired) electrons. The van der Waals surface area contributed by atoms with E-state index >= 15 is 0 Å². The maximum atomic E-state index is 10.9. The summed E-state index contributed by atoms with van der Waals surface area (Å²) in [6.45, 7) is 3.47. The van der Waals surface area contributed by atoms with Gasteiger partial charge in [-0.15, -0.1) is 0 Å². The highest BCUT2D eigenvalue weighted by Gasteiger charge is 2.39. The number of rotatable bonds is 5. The van der Waals surface area contributed by atoms with E-state index in [-0.39, 0.29) is 18.0 Å². The van der Waals surface area contributed by atoms with Crippen molar-refractivity contribution in [3.8, 4) is 0 Å². The third-order valence-corrected chi connectivity index (χ3v) is 3.78. The van der Waals surface area contributed by atoms with Crippen LogP contribution in [0.4, 0.5) is 0 Å². The number of hydrogen-bond acceptors (Lipinski definition) is 3. The molecule has 0 saturated carbocycles. The summed E-state index contributed by atoms with van der Waals surface area (Å²) in [7, 11) is 0. The second-order valence-electron chi connectivity index (χ2n) is 4.88. The maximum Gasteiger partial charge on any atom is 0.305 e. The first-order valence-electron chi connectivity index (χ1n) is 5.96. The van der Waals surface area contributed by atoms with E-state index in [2.05, 4.69) is 39.6 Å². The van der Waals surface area contributed by atoms with Crippen molar-refractivity contribution in [3.05, 3.63) is 34.3 Å². The lowest BCUT2D eigenvalue weighted by Crippen LogP contribution is -2.68. The molecule has 3 N–H and O–H groups in total. The molecule has 1 aliphatic rings. The van der Waals surface area contributed by atoms with Gasteiger partial charge in [-0.1, -0.05) is 28.1 Å². The van der Waals surface area contributed by atoms with E-state index in [4.69, 9.17) is 5.11 Å². The first-order valence-corrected chi connectivity index (χ1v) is 6.76. The highest BCUT2D eigenvalue weighted by molar-refractivity contribution is 9.10. The Balaban J connectivity index is 2.06. The van der Waals surface area contributed by atoms with E-state index in [0.717, 1.165) is 10.0 Å². The van der Waals surface area contributed by atoms with E-state index in [9.17, 15) is 4.79 Å². The summed E-state index contributed by atoms with van der Waals surface area (Å²) < 4.78 is 1.03. The zero-order valence-corrected chi connectivity index (χ0v) is 11.8. The van der Waals surface area contributed by atoms with Gasteiger partial charge in [0.1, 0.15) is 0 Å². The van der Waals surface area contributed by atoms with Crippen LogP contribution < -0.4 is 10.6 Å². The second-order valence-corrected chi connectivity index (χ2v) is 5.79. The van der Waals surface area contributed by atoms with Gasteiger partial charge >= 0.3 is 5.97 Å². The van der Waals surface area contributed by atoms with Crippen molar-refractivity contribution in [1.29, 1.82) is 0 Å². The van der Waals surface area contributed by atoms with Crippen molar-refractivity contribution in [1.82, 2.24) is 10.6 Å². The number of nitrogens with one attached hydrogen (secondary N) is 2. The fourth-order valence-electron chi connectivity index (χ4n) is 2.31. The Morgan fingerprint density at radius 2 is 2.33 bits per heavy atom. The summed E-state index contributed by atoms with van der Waals surface area (Å²) >= 11 is 3.45. The van der Waals surface area contributed by atoms with Crippen molar-refractivity contribution in [2.45, 2.75) is 24.9 Å². The molecule has 1 aromatic carbocycles. The van der Waals surface area contributed by atoms with E-state index < -0.39 is 5.97 Å². The van der Waals surface area contributed by atoms with Crippen molar-refractivity contribution in [2.75, 3.05) is 13.1 Å². The minimum absolute atomic E-state index is 0.129.